The van der Waals surface area contributed by atoms with E-state index >= 15 is 0 Å². The van der Waals surface area contributed by atoms with Gasteiger partial charge in [0, 0.05) is 19.4 Å². The van der Waals surface area contributed by atoms with Crippen LogP contribution in [0.5, 0.6) is 0 Å². The number of esters is 2. The van der Waals surface area contributed by atoms with Crippen molar-refractivity contribution >= 4 is 19.8 Å². The second-order valence-corrected chi connectivity index (χ2v) is 26.3. The minimum atomic E-state index is -4.39. The van der Waals surface area contributed by atoms with Crippen LogP contribution in [0.3, 0.4) is 0 Å². The molecule has 0 saturated heterocycles. The average Bonchev–Trinajstić information content (AvgIpc) is 3.46. The van der Waals surface area contributed by atoms with E-state index in [-0.39, 0.29) is 38.6 Å². The van der Waals surface area contributed by atoms with Crippen LogP contribution < -0.4 is 5.73 Å². The molecule has 0 radical (unpaired) electrons. The van der Waals surface area contributed by atoms with Gasteiger partial charge in [0.2, 0.25) is 0 Å². The monoisotopic (exact) mass is 1170 g/mol. The van der Waals surface area contributed by atoms with E-state index in [0.717, 1.165) is 32.1 Å². The maximum absolute atomic E-state index is 12.8. The fourth-order valence-corrected chi connectivity index (χ4v) is 12.1. The Morgan fingerprint density at radius 1 is 0.358 bits per heavy atom. The largest absolute Gasteiger partial charge is 0.472 e. The standard InChI is InChI=1S/C71H140NO8P/c1-3-5-7-9-11-13-15-17-19-21-23-25-27-29-31-32-33-34-35-36-38-39-41-43-45-47-49-51-53-55-57-59-61-63-70(73)77-67-69(68-79-81(75,76)78-66-65-72)80-71(74)64-62-60-58-56-54-52-50-48-46-44-42-40-37-30-28-26-24-22-20-18-16-14-12-10-8-6-4-2/h22,24,69H,3-21,23,25-68,72H2,1-2H3,(H,75,76)/b24-22-. The molecule has 9 nitrogen and oxygen atoms in total. The lowest BCUT2D eigenvalue weighted by atomic mass is 10.0. The highest BCUT2D eigenvalue weighted by Gasteiger charge is 2.26. The second kappa shape index (κ2) is 67.9. The van der Waals surface area contributed by atoms with Crippen molar-refractivity contribution in [3.63, 3.8) is 0 Å². The van der Waals surface area contributed by atoms with Crippen LogP contribution >= 0.6 is 7.82 Å². The van der Waals surface area contributed by atoms with E-state index in [9.17, 15) is 19.0 Å². The summed E-state index contributed by atoms with van der Waals surface area (Å²) in [6, 6.07) is 0. The molecule has 10 heteroatoms. The average molecular weight is 1170 g/mol. The van der Waals surface area contributed by atoms with Gasteiger partial charge in [-0.1, -0.05) is 360 Å². The third-order valence-electron chi connectivity index (χ3n) is 16.7. The molecule has 0 aliphatic heterocycles. The van der Waals surface area contributed by atoms with Gasteiger partial charge in [0.25, 0.3) is 0 Å². The number of unbranched alkanes of at least 4 members (excludes halogenated alkanes) is 55. The molecular weight excluding hydrogens is 1030 g/mol. The minimum Gasteiger partial charge on any atom is -0.462 e. The van der Waals surface area contributed by atoms with E-state index < -0.39 is 26.5 Å². The van der Waals surface area contributed by atoms with E-state index in [1.54, 1.807) is 0 Å². The van der Waals surface area contributed by atoms with Gasteiger partial charge in [0.05, 0.1) is 13.2 Å². The Morgan fingerprint density at radius 2 is 0.605 bits per heavy atom. The Bertz CT molecular complexity index is 1330. The smallest absolute Gasteiger partial charge is 0.462 e. The molecule has 2 atom stereocenters. The normalized spacial score (nSPS) is 12.9. The number of ether oxygens (including phenoxy) is 2. The quantitative estimate of drug-likeness (QED) is 0.0264. The highest BCUT2D eigenvalue weighted by Crippen LogP contribution is 2.43. The lowest BCUT2D eigenvalue weighted by Crippen LogP contribution is -2.29. The zero-order chi connectivity index (χ0) is 58.7. The van der Waals surface area contributed by atoms with Crippen molar-refractivity contribution in [3.8, 4) is 0 Å². The van der Waals surface area contributed by atoms with Crippen LogP contribution in [0, 0.1) is 0 Å². The van der Waals surface area contributed by atoms with Crippen molar-refractivity contribution in [1.82, 2.24) is 0 Å². The van der Waals surface area contributed by atoms with Gasteiger partial charge in [-0.3, -0.25) is 18.6 Å². The molecule has 0 spiro atoms. The van der Waals surface area contributed by atoms with Gasteiger partial charge in [-0.25, -0.2) is 4.57 Å². The maximum Gasteiger partial charge on any atom is 0.472 e. The van der Waals surface area contributed by atoms with Crippen LogP contribution in [0.4, 0.5) is 0 Å². The molecule has 81 heavy (non-hydrogen) atoms. The highest BCUT2D eigenvalue weighted by atomic mass is 31.2. The van der Waals surface area contributed by atoms with Gasteiger partial charge in [-0.05, 0) is 38.5 Å². The van der Waals surface area contributed by atoms with Crippen molar-refractivity contribution in [2.45, 2.75) is 405 Å². The van der Waals surface area contributed by atoms with E-state index in [0.29, 0.717) is 6.42 Å². The molecule has 0 aromatic carbocycles. The number of phosphoric acid groups is 1. The minimum absolute atomic E-state index is 0.0575. The van der Waals surface area contributed by atoms with Crippen LogP contribution in [0.1, 0.15) is 399 Å². The van der Waals surface area contributed by atoms with Crippen molar-refractivity contribution in [2.24, 2.45) is 5.73 Å². The predicted octanol–water partition coefficient (Wildman–Crippen LogP) is 23.5. The SMILES string of the molecule is CCCCCCCCCC/C=C\CCCCCCCCCCCCCCCCCC(=O)OC(COC(=O)CCCCCCCCCCCCCCCCCCCCCCCCCCCCCCCCCCC)COP(=O)(O)OCCN. The molecule has 2 unspecified atom stereocenters. The number of nitrogens with two attached hydrogens (primary N) is 1. The summed E-state index contributed by atoms with van der Waals surface area (Å²) in [5.41, 5.74) is 5.40. The van der Waals surface area contributed by atoms with Gasteiger partial charge in [-0.15, -0.1) is 0 Å². The van der Waals surface area contributed by atoms with Crippen molar-refractivity contribution in [3.05, 3.63) is 12.2 Å². The number of carbonyl (C=O) groups excluding carboxylic acids is 2. The summed E-state index contributed by atoms with van der Waals surface area (Å²) in [6.07, 6.45) is 81.8. The Balaban J connectivity index is 3.78. The number of allylic oxidation sites excluding steroid dienone is 2. The van der Waals surface area contributed by atoms with Gasteiger partial charge in [0.1, 0.15) is 6.61 Å². The van der Waals surface area contributed by atoms with Crippen LogP contribution in [0.2, 0.25) is 0 Å². The number of carbonyl (C=O) groups is 2. The molecule has 0 aliphatic carbocycles. The van der Waals surface area contributed by atoms with E-state index in [2.05, 4.69) is 26.0 Å². The first-order valence-electron chi connectivity index (χ1n) is 36.2. The molecule has 0 fully saturated rings. The van der Waals surface area contributed by atoms with Gasteiger partial charge < -0.3 is 20.1 Å². The Hall–Kier alpha value is -1.25. The first-order valence-corrected chi connectivity index (χ1v) is 37.7. The number of rotatable bonds is 70. The first kappa shape index (κ1) is 79.8. The molecule has 0 amide bonds. The molecular formula is C71H140NO8P. The summed E-state index contributed by atoms with van der Waals surface area (Å²) in [7, 11) is -4.39. The third kappa shape index (κ3) is 67.7. The summed E-state index contributed by atoms with van der Waals surface area (Å²) < 4.78 is 33.2. The van der Waals surface area contributed by atoms with Crippen molar-refractivity contribution < 1.29 is 37.6 Å². The molecule has 0 bridgehead atoms. The second-order valence-electron chi connectivity index (χ2n) is 24.8. The Kier molecular flexibility index (Phi) is 66.8. The molecule has 482 valence electrons. The van der Waals surface area contributed by atoms with Crippen molar-refractivity contribution in [2.75, 3.05) is 26.4 Å². The zero-order valence-corrected chi connectivity index (χ0v) is 55.2. The van der Waals surface area contributed by atoms with E-state index in [4.69, 9.17) is 24.3 Å². The maximum atomic E-state index is 12.8. The number of phosphoric ester groups is 1. The van der Waals surface area contributed by atoms with Crippen LogP contribution in [0.15, 0.2) is 12.2 Å². The van der Waals surface area contributed by atoms with E-state index in [1.807, 2.05) is 0 Å². The molecule has 0 heterocycles. The lowest BCUT2D eigenvalue weighted by molar-refractivity contribution is -0.161. The fourth-order valence-electron chi connectivity index (χ4n) is 11.3. The summed E-state index contributed by atoms with van der Waals surface area (Å²) >= 11 is 0. The summed E-state index contributed by atoms with van der Waals surface area (Å²) in [5, 5.41) is 0. The molecule has 3 N–H and O–H groups in total. The Labute approximate surface area is 504 Å². The van der Waals surface area contributed by atoms with Gasteiger partial charge >= 0.3 is 19.8 Å². The van der Waals surface area contributed by atoms with Crippen LogP contribution in [-0.4, -0.2) is 49.3 Å². The summed E-state index contributed by atoms with van der Waals surface area (Å²) in [5.74, 6) is -0.800. The first-order chi connectivity index (χ1) is 39.8. The molecule has 0 aromatic rings. The van der Waals surface area contributed by atoms with Gasteiger partial charge in [0.15, 0.2) is 6.10 Å². The predicted molar refractivity (Wildman–Crippen MR) is 349 cm³/mol. The number of hydrogen-bond acceptors (Lipinski definition) is 8. The summed E-state index contributed by atoms with van der Waals surface area (Å²) in [4.78, 5) is 35.4. The lowest BCUT2D eigenvalue weighted by Gasteiger charge is -2.19. The van der Waals surface area contributed by atoms with Gasteiger partial charge in [-0.2, -0.15) is 0 Å². The van der Waals surface area contributed by atoms with E-state index in [1.165, 1.54) is 334 Å². The van der Waals surface area contributed by atoms with Crippen LogP contribution in [0.25, 0.3) is 0 Å². The van der Waals surface area contributed by atoms with Crippen molar-refractivity contribution in [1.29, 1.82) is 0 Å². The molecule has 0 rings (SSSR count). The Morgan fingerprint density at radius 3 is 0.877 bits per heavy atom. The van der Waals surface area contributed by atoms with Crippen LogP contribution in [-0.2, 0) is 32.7 Å². The molecule has 0 saturated carbocycles. The molecule has 0 aliphatic rings. The number of hydrogen-bond donors (Lipinski definition) is 2. The topological polar surface area (TPSA) is 134 Å². The summed E-state index contributed by atoms with van der Waals surface area (Å²) in [6.45, 7) is 3.84. The fraction of sp³-hybridized carbons (Fsp3) is 0.944. The zero-order valence-electron chi connectivity index (χ0n) is 54.3. The highest BCUT2D eigenvalue weighted by molar-refractivity contribution is 7.47. The molecule has 0 aromatic heterocycles. The third-order valence-corrected chi connectivity index (χ3v) is 17.6.